The first kappa shape index (κ1) is 20.0. The first-order chi connectivity index (χ1) is 11.6. The zero-order valence-electron chi connectivity index (χ0n) is 14.3. The Hall–Kier alpha value is -1.36. The Morgan fingerprint density at radius 1 is 1.16 bits per heavy atom. The number of benzene rings is 2. The third-order valence-electron chi connectivity index (χ3n) is 4.47. The fourth-order valence-electron chi connectivity index (χ4n) is 3.10. The highest BCUT2D eigenvalue weighted by Crippen LogP contribution is 2.20. The molecule has 1 heterocycles. The number of hydrogen-bond donors (Lipinski definition) is 0. The van der Waals surface area contributed by atoms with Crippen LogP contribution in [0, 0.1) is 6.92 Å². The number of piperidine rings is 1. The lowest BCUT2D eigenvalue weighted by Crippen LogP contribution is -2.37. The van der Waals surface area contributed by atoms with Crippen LogP contribution in [0.2, 0.25) is 0 Å². The van der Waals surface area contributed by atoms with Crippen LogP contribution in [0.25, 0.3) is 0 Å². The lowest BCUT2D eigenvalue weighted by Gasteiger charge is -2.31. The molecule has 2 aromatic carbocycles. The molecule has 0 spiro atoms. The Bertz CT molecular complexity index is 700. The highest BCUT2D eigenvalue weighted by atomic mass is 79.9. The number of carbonyl (C=O) groups is 1. The van der Waals surface area contributed by atoms with Crippen LogP contribution in [0.15, 0.2) is 53.0 Å². The predicted molar refractivity (Wildman–Crippen MR) is 106 cm³/mol. The molecule has 0 radical (unpaired) electrons. The molecule has 0 atom stereocenters. The van der Waals surface area contributed by atoms with Crippen molar-refractivity contribution in [2.45, 2.75) is 32.4 Å². The number of ether oxygens (including phenoxy) is 1. The van der Waals surface area contributed by atoms with Crippen LogP contribution >= 0.6 is 28.3 Å². The van der Waals surface area contributed by atoms with Crippen molar-refractivity contribution in [2.75, 3.05) is 13.1 Å². The van der Waals surface area contributed by atoms with Crippen molar-refractivity contribution in [3.63, 3.8) is 0 Å². The number of halogens is 2. The molecule has 0 N–H and O–H groups in total. The molecule has 0 amide bonds. The number of aryl methyl sites for hydroxylation is 1. The van der Waals surface area contributed by atoms with E-state index in [1.54, 1.807) is 0 Å². The molecule has 3 nitrogen and oxygen atoms in total. The monoisotopic (exact) mass is 423 g/mol. The number of hydrogen-bond acceptors (Lipinski definition) is 3. The van der Waals surface area contributed by atoms with E-state index in [1.165, 1.54) is 5.56 Å². The molecule has 0 unspecified atom stereocenters. The quantitative estimate of drug-likeness (QED) is 0.647. The molecule has 1 aliphatic heterocycles. The molecule has 0 bridgehead atoms. The largest absolute Gasteiger partial charge is 0.459 e. The molecule has 0 aromatic heterocycles. The van der Waals surface area contributed by atoms with Gasteiger partial charge in [-0.2, -0.15) is 0 Å². The molecule has 0 saturated carbocycles. The van der Waals surface area contributed by atoms with Crippen LogP contribution < -0.4 is 0 Å². The van der Waals surface area contributed by atoms with Crippen molar-refractivity contribution in [2.24, 2.45) is 0 Å². The van der Waals surface area contributed by atoms with Crippen LogP contribution in [0.3, 0.4) is 0 Å². The number of esters is 1. The van der Waals surface area contributed by atoms with Crippen molar-refractivity contribution in [1.82, 2.24) is 4.90 Å². The molecule has 5 heteroatoms. The minimum atomic E-state index is -0.207. The average molecular weight is 425 g/mol. The molecule has 134 valence electrons. The summed E-state index contributed by atoms with van der Waals surface area (Å²) in [5, 5.41) is 0. The van der Waals surface area contributed by atoms with E-state index in [1.807, 2.05) is 31.2 Å². The van der Waals surface area contributed by atoms with Gasteiger partial charge in [-0.15, -0.1) is 12.4 Å². The second kappa shape index (κ2) is 9.37. The van der Waals surface area contributed by atoms with Gasteiger partial charge in [-0.05, 0) is 49.1 Å². The summed E-state index contributed by atoms with van der Waals surface area (Å²) in [6, 6.07) is 16.1. The van der Waals surface area contributed by atoms with Gasteiger partial charge in [-0.25, -0.2) is 4.79 Å². The number of nitrogens with zero attached hydrogens (tertiary/aromatic N) is 1. The number of rotatable bonds is 4. The fraction of sp³-hybridized carbons (Fsp3) is 0.350. The summed E-state index contributed by atoms with van der Waals surface area (Å²) in [6.45, 7) is 4.83. The topological polar surface area (TPSA) is 29.5 Å². The van der Waals surface area contributed by atoms with Gasteiger partial charge < -0.3 is 4.74 Å². The van der Waals surface area contributed by atoms with Gasteiger partial charge in [0.05, 0.1) is 5.56 Å². The highest BCUT2D eigenvalue weighted by Gasteiger charge is 2.23. The Labute approximate surface area is 163 Å². The van der Waals surface area contributed by atoms with E-state index in [-0.39, 0.29) is 24.5 Å². The molecule has 1 aliphatic rings. The second-order valence-corrected chi connectivity index (χ2v) is 7.24. The van der Waals surface area contributed by atoms with E-state index in [9.17, 15) is 4.79 Å². The van der Waals surface area contributed by atoms with Gasteiger partial charge in [-0.1, -0.05) is 46.3 Å². The molecule has 1 saturated heterocycles. The van der Waals surface area contributed by atoms with Crippen molar-refractivity contribution in [3.05, 3.63) is 69.7 Å². The Morgan fingerprint density at radius 3 is 2.48 bits per heavy atom. The minimum absolute atomic E-state index is 0. The normalized spacial score (nSPS) is 15.4. The predicted octanol–water partition coefficient (Wildman–Crippen LogP) is 5.00. The summed E-state index contributed by atoms with van der Waals surface area (Å²) in [7, 11) is 0. The van der Waals surface area contributed by atoms with Crippen LogP contribution in [-0.2, 0) is 11.3 Å². The number of carbonyl (C=O) groups excluding carboxylic acids is 1. The molecule has 1 fully saturated rings. The standard InChI is InChI=1S/C20H22BrNO2.ClH/c1-15-13-17(21)7-8-19(15)20(23)24-18-9-11-22(12-10-18)14-16-5-3-2-4-6-16;/h2-8,13,18H,9-12,14H2,1H3;1H. The molecule has 3 rings (SSSR count). The van der Waals surface area contributed by atoms with Gasteiger partial charge in [0.2, 0.25) is 0 Å². The third kappa shape index (κ3) is 5.56. The summed E-state index contributed by atoms with van der Waals surface area (Å²) < 4.78 is 6.69. The maximum Gasteiger partial charge on any atom is 0.338 e. The van der Waals surface area contributed by atoms with E-state index < -0.39 is 0 Å². The van der Waals surface area contributed by atoms with Crippen LogP contribution in [0.4, 0.5) is 0 Å². The number of likely N-dealkylation sites (tertiary alicyclic amines) is 1. The van der Waals surface area contributed by atoms with Gasteiger partial charge in [0.1, 0.15) is 6.10 Å². The summed E-state index contributed by atoms with van der Waals surface area (Å²) in [6.07, 6.45) is 1.81. The zero-order chi connectivity index (χ0) is 16.9. The van der Waals surface area contributed by atoms with Crippen LogP contribution in [0.1, 0.15) is 34.3 Å². The van der Waals surface area contributed by atoms with Gasteiger partial charge >= 0.3 is 5.97 Å². The maximum atomic E-state index is 12.4. The average Bonchev–Trinajstić information content (AvgIpc) is 2.57. The smallest absolute Gasteiger partial charge is 0.338 e. The summed E-state index contributed by atoms with van der Waals surface area (Å²) >= 11 is 3.42. The first-order valence-electron chi connectivity index (χ1n) is 8.35. The Balaban J connectivity index is 0.00000225. The van der Waals surface area contributed by atoms with E-state index in [0.717, 1.165) is 42.5 Å². The molecular weight excluding hydrogens is 402 g/mol. The van der Waals surface area contributed by atoms with Crippen LogP contribution in [-0.4, -0.2) is 30.1 Å². The van der Waals surface area contributed by atoms with Gasteiger partial charge in [-0.3, -0.25) is 4.90 Å². The van der Waals surface area contributed by atoms with Crippen LogP contribution in [0.5, 0.6) is 0 Å². The van der Waals surface area contributed by atoms with E-state index >= 15 is 0 Å². The van der Waals surface area contributed by atoms with E-state index in [4.69, 9.17) is 4.74 Å². The van der Waals surface area contributed by atoms with Crippen molar-refractivity contribution in [1.29, 1.82) is 0 Å². The first-order valence-corrected chi connectivity index (χ1v) is 9.14. The van der Waals surface area contributed by atoms with Crippen molar-refractivity contribution >= 4 is 34.3 Å². The Kier molecular flexibility index (Phi) is 7.48. The van der Waals surface area contributed by atoms with Gasteiger partial charge in [0, 0.05) is 24.1 Å². The van der Waals surface area contributed by atoms with Gasteiger partial charge in [0.15, 0.2) is 0 Å². The van der Waals surface area contributed by atoms with Crippen molar-refractivity contribution < 1.29 is 9.53 Å². The van der Waals surface area contributed by atoms with Crippen molar-refractivity contribution in [3.8, 4) is 0 Å². The third-order valence-corrected chi connectivity index (χ3v) is 4.96. The molecule has 25 heavy (non-hydrogen) atoms. The summed E-state index contributed by atoms with van der Waals surface area (Å²) in [5.74, 6) is -0.207. The maximum absolute atomic E-state index is 12.4. The second-order valence-electron chi connectivity index (χ2n) is 6.33. The highest BCUT2D eigenvalue weighted by molar-refractivity contribution is 9.10. The van der Waals surface area contributed by atoms with E-state index in [0.29, 0.717) is 5.56 Å². The fourth-order valence-corrected chi connectivity index (χ4v) is 3.57. The zero-order valence-corrected chi connectivity index (χ0v) is 16.7. The lowest BCUT2D eigenvalue weighted by atomic mass is 10.1. The molecule has 0 aliphatic carbocycles. The summed E-state index contributed by atoms with van der Waals surface area (Å²) in [5.41, 5.74) is 2.93. The summed E-state index contributed by atoms with van der Waals surface area (Å²) in [4.78, 5) is 14.8. The minimum Gasteiger partial charge on any atom is -0.459 e. The van der Waals surface area contributed by atoms with Gasteiger partial charge in [0.25, 0.3) is 0 Å². The molecular formula is C20H23BrClNO2. The Morgan fingerprint density at radius 2 is 1.84 bits per heavy atom. The van der Waals surface area contributed by atoms with E-state index in [2.05, 4.69) is 45.1 Å². The lowest BCUT2D eigenvalue weighted by molar-refractivity contribution is 0.0103. The SMILES string of the molecule is Cc1cc(Br)ccc1C(=O)OC1CCN(Cc2ccccc2)CC1.Cl. The molecule has 2 aromatic rings.